The van der Waals surface area contributed by atoms with Crippen LogP contribution >= 0.6 is 11.3 Å². The molecular formula is C11H11N3O2S. The molecular weight excluding hydrogens is 238 g/mol. The molecule has 2 heterocycles. The predicted octanol–water partition coefficient (Wildman–Crippen LogP) is 2.22. The Balaban J connectivity index is 2.06. The summed E-state index contributed by atoms with van der Waals surface area (Å²) in [5, 5.41) is 14.1. The maximum atomic E-state index is 10.5. The molecule has 0 atom stereocenters. The topological polar surface area (TPSA) is 75.1 Å². The Labute approximate surface area is 102 Å². The molecule has 0 fully saturated rings. The zero-order valence-electron chi connectivity index (χ0n) is 9.17. The number of carboxylic acids is 1. The number of carbonyl (C=O) groups is 1. The van der Waals surface area contributed by atoms with Gasteiger partial charge in [0.2, 0.25) is 0 Å². The van der Waals surface area contributed by atoms with Crippen molar-refractivity contribution in [2.45, 2.75) is 13.3 Å². The molecule has 5 nitrogen and oxygen atoms in total. The molecule has 0 unspecified atom stereocenters. The van der Waals surface area contributed by atoms with Gasteiger partial charge in [-0.05, 0) is 19.1 Å². The maximum Gasteiger partial charge on any atom is 0.309 e. The van der Waals surface area contributed by atoms with Gasteiger partial charge in [0.1, 0.15) is 0 Å². The van der Waals surface area contributed by atoms with Gasteiger partial charge in [0, 0.05) is 11.1 Å². The van der Waals surface area contributed by atoms with Crippen LogP contribution in [0.3, 0.4) is 0 Å². The molecule has 0 aromatic carbocycles. The Morgan fingerprint density at radius 2 is 2.35 bits per heavy atom. The molecule has 0 bridgehead atoms. The molecule has 0 aliphatic heterocycles. The fourth-order valence-corrected chi connectivity index (χ4v) is 2.00. The molecule has 0 radical (unpaired) electrons. The summed E-state index contributed by atoms with van der Waals surface area (Å²) < 4.78 is 0. The summed E-state index contributed by atoms with van der Waals surface area (Å²) in [6, 6.07) is 3.80. The molecule has 0 saturated heterocycles. The molecule has 2 aromatic rings. The van der Waals surface area contributed by atoms with Crippen LogP contribution in [-0.2, 0) is 11.2 Å². The third-order valence-corrected chi connectivity index (χ3v) is 2.85. The van der Waals surface area contributed by atoms with Gasteiger partial charge < -0.3 is 10.4 Å². The van der Waals surface area contributed by atoms with E-state index in [4.69, 9.17) is 5.11 Å². The van der Waals surface area contributed by atoms with E-state index in [-0.39, 0.29) is 6.42 Å². The molecule has 0 spiro atoms. The molecule has 0 amide bonds. The fraction of sp³-hybridized carbons (Fsp3) is 0.182. The number of carboxylic acid groups (broad SMARTS) is 1. The number of aryl methyl sites for hydroxylation is 1. The van der Waals surface area contributed by atoms with E-state index < -0.39 is 5.97 Å². The average Bonchev–Trinajstić information content (AvgIpc) is 2.68. The van der Waals surface area contributed by atoms with Crippen molar-refractivity contribution in [3.63, 3.8) is 0 Å². The number of aromatic nitrogens is 2. The van der Waals surface area contributed by atoms with E-state index in [1.165, 1.54) is 11.3 Å². The first-order valence-corrected chi connectivity index (χ1v) is 5.87. The second-order valence-electron chi connectivity index (χ2n) is 3.53. The van der Waals surface area contributed by atoms with Crippen LogP contribution in [0, 0.1) is 6.92 Å². The van der Waals surface area contributed by atoms with Gasteiger partial charge in [-0.25, -0.2) is 4.98 Å². The predicted molar refractivity (Wildman–Crippen MR) is 65.7 cm³/mol. The number of pyridine rings is 1. The van der Waals surface area contributed by atoms with Gasteiger partial charge >= 0.3 is 5.97 Å². The van der Waals surface area contributed by atoms with E-state index in [2.05, 4.69) is 15.3 Å². The number of aliphatic carboxylic acids is 1. The van der Waals surface area contributed by atoms with Crippen molar-refractivity contribution in [2.75, 3.05) is 5.32 Å². The van der Waals surface area contributed by atoms with Crippen molar-refractivity contribution in [3.8, 4) is 0 Å². The van der Waals surface area contributed by atoms with Gasteiger partial charge in [0.05, 0.1) is 24.0 Å². The van der Waals surface area contributed by atoms with Crippen LogP contribution in [0.2, 0.25) is 0 Å². The van der Waals surface area contributed by atoms with Gasteiger partial charge in [-0.3, -0.25) is 9.78 Å². The van der Waals surface area contributed by atoms with Crippen molar-refractivity contribution < 1.29 is 9.90 Å². The van der Waals surface area contributed by atoms with Crippen molar-refractivity contribution in [3.05, 3.63) is 35.1 Å². The molecule has 2 N–H and O–H groups in total. The highest BCUT2D eigenvalue weighted by Crippen LogP contribution is 2.20. The summed E-state index contributed by atoms with van der Waals surface area (Å²) in [7, 11) is 0. The number of hydrogen-bond acceptors (Lipinski definition) is 5. The molecule has 17 heavy (non-hydrogen) atoms. The van der Waals surface area contributed by atoms with E-state index in [1.54, 1.807) is 11.6 Å². The summed E-state index contributed by atoms with van der Waals surface area (Å²) >= 11 is 1.38. The fourth-order valence-electron chi connectivity index (χ4n) is 1.27. The highest BCUT2D eigenvalue weighted by molar-refractivity contribution is 7.13. The van der Waals surface area contributed by atoms with Crippen LogP contribution in [0.5, 0.6) is 0 Å². The Morgan fingerprint density at radius 1 is 1.53 bits per heavy atom. The molecule has 2 rings (SSSR count). The highest BCUT2D eigenvalue weighted by atomic mass is 32.1. The lowest BCUT2D eigenvalue weighted by atomic mass is 10.3. The van der Waals surface area contributed by atoms with Crippen molar-refractivity contribution in [2.24, 2.45) is 0 Å². The van der Waals surface area contributed by atoms with Crippen molar-refractivity contribution >= 4 is 28.1 Å². The van der Waals surface area contributed by atoms with Crippen LogP contribution in [0.25, 0.3) is 0 Å². The molecule has 0 saturated carbocycles. The Hall–Kier alpha value is -1.95. The van der Waals surface area contributed by atoms with E-state index in [0.717, 1.165) is 11.4 Å². The lowest BCUT2D eigenvalue weighted by Crippen LogP contribution is -2.00. The van der Waals surface area contributed by atoms with E-state index in [0.29, 0.717) is 10.8 Å². The summed E-state index contributed by atoms with van der Waals surface area (Å²) in [4.78, 5) is 18.8. The lowest BCUT2D eigenvalue weighted by Gasteiger charge is -2.01. The highest BCUT2D eigenvalue weighted by Gasteiger charge is 2.06. The number of anilines is 2. The zero-order valence-corrected chi connectivity index (χ0v) is 9.99. The van der Waals surface area contributed by atoms with Crippen molar-refractivity contribution in [1.82, 2.24) is 9.97 Å². The van der Waals surface area contributed by atoms with E-state index >= 15 is 0 Å². The normalized spacial score (nSPS) is 10.2. The van der Waals surface area contributed by atoms with Crippen LogP contribution < -0.4 is 5.32 Å². The summed E-state index contributed by atoms with van der Waals surface area (Å²) in [6.07, 6.45) is 1.66. The lowest BCUT2D eigenvalue weighted by molar-refractivity contribution is -0.136. The minimum absolute atomic E-state index is 0.0513. The molecule has 88 valence electrons. The first-order chi connectivity index (χ1) is 8.13. The van der Waals surface area contributed by atoms with Gasteiger partial charge in [-0.2, -0.15) is 0 Å². The zero-order chi connectivity index (χ0) is 12.3. The summed E-state index contributed by atoms with van der Waals surface area (Å²) in [5.74, 6) is -0.876. The van der Waals surface area contributed by atoms with Crippen molar-refractivity contribution in [1.29, 1.82) is 0 Å². The largest absolute Gasteiger partial charge is 0.481 e. The van der Waals surface area contributed by atoms with Crippen LogP contribution in [-0.4, -0.2) is 21.0 Å². The molecule has 0 aliphatic carbocycles. The standard InChI is InChI=1S/C11H11N3O2S/c1-7-2-3-8(5-12-7)13-11-14-9(6-17-11)4-10(15)16/h2-3,5-6H,4H2,1H3,(H,13,14)(H,15,16). The van der Waals surface area contributed by atoms with Crippen LogP contribution in [0.15, 0.2) is 23.7 Å². The molecule has 6 heteroatoms. The quantitative estimate of drug-likeness (QED) is 0.869. The maximum absolute atomic E-state index is 10.5. The van der Waals surface area contributed by atoms with E-state index in [9.17, 15) is 4.79 Å². The van der Waals surface area contributed by atoms with Crippen LogP contribution in [0.4, 0.5) is 10.8 Å². The Bertz CT molecular complexity index is 522. The minimum atomic E-state index is -0.876. The van der Waals surface area contributed by atoms with E-state index in [1.807, 2.05) is 19.1 Å². The van der Waals surface area contributed by atoms with Gasteiger partial charge in [0.25, 0.3) is 0 Å². The minimum Gasteiger partial charge on any atom is -0.481 e. The number of nitrogens with one attached hydrogen (secondary N) is 1. The second-order valence-corrected chi connectivity index (χ2v) is 4.39. The number of nitrogens with zero attached hydrogens (tertiary/aromatic N) is 2. The van der Waals surface area contributed by atoms with Gasteiger partial charge in [0.15, 0.2) is 5.13 Å². The number of hydrogen-bond donors (Lipinski definition) is 2. The molecule has 2 aromatic heterocycles. The third-order valence-electron chi connectivity index (χ3n) is 2.05. The Morgan fingerprint density at radius 3 is 3.00 bits per heavy atom. The van der Waals surface area contributed by atoms with Gasteiger partial charge in [-0.1, -0.05) is 0 Å². The van der Waals surface area contributed by atoms with Gasteiger partial charge in [-0.15, -0.1) is 11.3 Å². The monoisotopic (exact) mass is 249 g/mol. The Kier molecular flexibility index (Phi) is 3.34. The third kappa shape index (κ3) is 3.25. The molecule has 0 aliphatic rings. The average molecular weight is 249 g/mol. The smallest absolute Gasteiger partial charge is 0.309 e. The number of thiazole rings is 1. The first-order valence-electron chi connectivity index (χ1n) is 4.99. The van der Waals surface area contributed by atoms with Crippen LogP contribution in [0.1, 0.15) is 11.4 Å². The summed E-state index contributed by atoms with van der Waals surface area (Å²) in [6.45, 7) is 1.91. The first kappa shape index (κ1) is 11.5. The SMILES string of the molecule is Cc1ccc(Nc2nc(CC(=O)O)cs2)cn1. The number of rotatable bonds is 4. The second kappa shape index (κ2) is 4.92. The summed E-state index contributed by atoms with van der Waals surface area (Å²) in [5.41, 5.74) is 2.35.